The number of amidine groups is 1. The molecule has 1 aromatic rings. The topological polar surface area (TPSA) is 82.6 Å². The van der Waals surface area contributed by atoms with Crippen molar-refractivity contribution in [3.05, 3.63) is 29.3 Å². The highest BCUT2D eigenvalue weighted by atomic mass is 16.5. The van der Waals surface area contributed by atoms with E-state index >= 15 is 0 Å². The second kappa shape index (κ2) is 6.24. The predicted octanol–water partition coefficient (Wildman–Crippen LogP) is 1.18. The highest BCUT2D eigenvalue weighted by molar-refractivity contribution is 5.95. The molecule has 0 aromatic heterocycles. The zero-order valence-electron chi connectivity index (χ0n) is 12.1. The van der Waals surface area contributed by atoms with E-state index in [9.17, 15) is 5.11 Å². The SMILES string of the molecule is COc1ccc(C(=N)N)cc1CN(C)CC1CC(O)C1. The molecule has 110 valence electrons. The molecule has 0 saturated heterocycles. The third kappa shape index (κ3) is 3.49. The number of ether oxygens (including phenoxy) is 1. The van der Waals surface area contributed by atoms with Crippen molar-refractivity contribution in [1.82, 2.24) is 4.90 Å². The molecule has 0 unspecified atom stereocenters. The van der Waals surface area contributed by atoms with E-state index in [1.807, 2.05) is 12.1 Å². The third-order valence-corrected chi connectivity index (χ3v) is 3.81. The Bertz CT molecular complexity index is 484. The normalized spacial score (nSPS) is 21.6. The van der Waals surface area contributed by atoms with Gasteiger partial charge in [-0.2, -0.15) is 0 Å². The van der Waals surface area contributed by atoms with Gasteiger partial charge in [0.2, 0.25) is 0 Å². The van der Waals surface area contributed by atoms with Gasteiger partial charge in [-0.3, -0.25) is 5.41 Å². The molecule has 5 heteroatoms. The standard InChI is InChI=1S/C15H23N3O2/c1-18(8-10-5-13(19)6-10)9-12-7-11(15(16)17)3-4-14(12)20-2/h3-4,7,10,13,19H,5-6,8-9H2,1-2H3,(H3,16,17). The van der Waals surface area contributed by atoms with Crippen molar-refractivity contribution in [2.45, 2.75) is 25.5 Å². The van der Waals surface area contributed by atoms with Crippen molar-refractivity contribution in [1.29, 1.82) is 5.41 Å². The summed E-state index contributed by atoms with van der Waals surface area (Å²) < 4.78 is 5.37. The Morgan fingerprint density at radius 2 is 2.20 bits per heavy atom. The third-order valence-electron chi connectivity index (χ3n) is 3.81. The Hall–Kier alpha value is -1.59. The first kappa shape index (κ1) is 14.8. The van der Waals surface area contributed by atoms with Gasteiger partial charge in [0.1, 0.15) is 11.6 Å². The molecule has 0 aliphatic heterocycles. The minimum atomic E-state index is -0.107. The van der Waals surface area contributed by atoms with Crippen LogP contribution in [-0.2, 0) is 6.54 Å². The number of nitrogens with two attached hydrogens (primary N) is 1. The van der Waals surface area contributed by atoms with Gasteiger partial charge in [0, 0.05) is 24.2 Å². The summed E-state index contributed by atoms with van der Waals surface area (Å²) in [6, 6.07) is 5.56. The maximum absolute atomic E-state index is 9.32. The fourth-order valence-corrected chi connectivity index (χ4v) is 2.72. The zero-order chi connectivity index (χ0) is 14.7. The summed E-state index contributed by atoms with van der Waals surface area (Å²) in [7, 11) is 3.71. The molecule has 1 aliphatic carbocycles. The smallest absolute Gasteiger partial charge is 0.123 e. The summed E-state index contributed by atoms with van der Waals surface area (Å²) in [5, 5.41) is 16.8. The van der Waals surface area contributed by atoms with Crippen LogP contribution in [0.15, 0.2) is 18.2 Å². The molecule has 1 aromatic carbocycles. The molecule has 5 nitrogen and oxygen atoms in total. The van der Waals surface area contributed by atoms with Gasteiger partial charge in [0.15, 0.2) is 0 Å². The summed E-state index contributed by atoms with van der Waals surface area (Å²) in [5.74, 6) is 1.46. The second-order valence-corrected chi connectivity index (χ2v) is 5.63. The van der Waals surface area contributed by atoms with Gasteiger partial charge in [-0.25, -0.2) is 0 Å². The zero-order valence-corrected chi connectivity index (χ0v) is 12.1. The quantitative estimate of drug-likeness (QED) is 0.538. The van der Waals surface area contributed by atoms with Gasteiger partial charge in [0.05, 0.1) is 13.2 Å². The molecule has 4 N–H and O–H groups in total. The van der Waals surface area contributed by atoms with E-state index in [1.54, 1.807) is 13.2 Å². The monoisotopic (exact) mass is 277 g/mol. The van der Waals surface area contributed by atoms with Crippen LogP contribution in [0.4, 0.5) is 0 Å². The minimum Gasteiger partial charge on any atom is -0.496 e. The van der Waals surface area contributed by atoms with E-state index < -0.39 is 0 Å². The van der Waals surface area contributed by atoms with E-state index in [0.717, 1.165) is 37.2 Å². The Balaban J connectivity index is 2.02. The van der Waals surface area contributed by atoms with Gasteiger partial charge < -0.3 is 20.5 Å². The van der Waals surface area contributed by atoms with E-state index in [1.165, 1.54) is 0 Å². The van der Waals surface area contributed by atoms with Crippen LogP contribution in [0, 0.1) is 11.3 Å². The molecule has 0 spiro atoms. The molecular formula is C15H23N3O2. The van der Waals surface area contributed by atoms with Gasteiger partial charge >= 0.3 is 0 Å². The van der Waals surface area contributed by atoms with Crippen LogP contribution < -0.4 is 10.5 Å². The lowest BCUT2D eigenvalue weighted by Crippen LogP contribution is -2.36. The lowest BCUT2D eigenvalue weighted by Gasteiger charge is -2.34. The molecule has 1 saturated carbocycles. The minimum absolute atomic E-state index is 0.0682. The van der Waals surface area contributed by atoms with Gasteiger partial charge in [-0.05, 0) is 44.0 Å². The first-order valence-electron chi connectivity index (χ1n) is 6.87. The van der Waals surface area contributed by atoms with Crippen molar-refractivity contribution in [2.24, 2.45) is 11.7 Å². The number of benzene rings is 1. The number of nitrogen functional groups attached to an aromatic ring is 1. The maximum Gasteiger partial charge on any atom is 0.123 e. The molecule has 0 amide bonds. The predicted molar refractivity (Wildman–Crippen MR) is 79.1 cm³/mol. The number of nitrogens with zero attached hydrogens (tertiary/aromatic N) is 1. The Morgan fingerprint density at radius 1 is 1.50 bits per heavy atom. The van der Waals surface area contributed by atoms with Crippen molar-refractivity contribution in [3.63, 3.8) is 0 Å². The average molecular weight is 277 g/mol. The second-order valence-electron chi connectivity index (χ2n) is 5.63. The number of methoxy groups -OCH3 is 1. The Labute approximate surface area is 119 Å². The number of aliphatic hydroxyl groups excluding tert-OH is 1. The van der Waals surface area contributed by atoms with Crippen molar-refractivity contribution >= 4 is 5.84 Å². The number of hydrogen-bond donors (Lipinski definition) is 3. The van der Waals surface area contributed by atoms with Crippen molar-refractivity contribution in [2.75, 3.05) is 20.7 Å². The van der Waals surface area contributed by atoms with Crippen molar-refractivity contribution in [3.8, 4) is 5.75 Å². The fraction of sp³-hybridized carbons (Fsp3) is 0.533. The molecule has 0 radical (unpaired) electrons. The lowest BCUT2D eigenvalue weighted by molar-refractivity contribution is 0.0273. The molecule has 0 atom stereocenters. The average Bonchev–Trinajstić information content (AvgIpc) is 2.36. The first-order chi connectivity index (χ1) is 9.49. The molecule has 1 fully saturated rings. The summed E-state index contributed by atoms with van der Waals surface area (Å²) in [6.07, 6.45) is 1.69. The molecule has 20 heavy (non-hydrogen) atoms. The van der Waals surface area contributed by atoms with Crippen LogP contribution in [0.2, 0.25) is 0 Å². The highest BCUT2D eigenvalue weighted by Gasteiger charge is 2.28. The van der Waals surface area contributed by atoms with E-state index in [2.05, 4.69) is 11.9 Å². The van der Waals surface area contributed by atoms with E-state index in [4.69, 9.17) is 15.9 Å². The molecule has 0 heterocycles. The molecule has 0 bridgehead atoms. The number of nitrogens with one attached hydrogen (secondary N) is 1. The Morgan fingerprint density at radius 3 is 2.75 bits per heavy atom. The van der Waals surface area contributed by atoms with Crippen molar-refractivity contribution < 1.29 is 9.84 Å². The highest BCUT2D eigenvalue weighted by Crippen LogP contribution is 2.28. The molecular weight excluding hydrogens is 254 g/mol. The van der Waals surface area contributed by atoms with E-state index in [0.29, 0.717) is 11.5 Å². The summed E-state index contributed by atoms with van der Waals surface area (Å²) in [4.78, 5) is 2.22. The number of rotatable bonds is 6. The first-order valence-corrected chi connectivity index (χ1v) is 6.87. The largest absolute Gasteiger partial charge is 0.496 e. The van der Waals surface area contributed by atoms with Crippen LogP contribution in [0.1, 0.15) is 24.0 Å². The van der Waals surface area contributed by atoms with Crippen LogP contribution in [-0.4, -0.2) is 42.6 Å². The van der Waals surface area contributed by atoms with Gasteiger partial charge in [0.25, 0.3) is 0 Å². The molecule has 2 rings (SSSR count). The molecule has 1 aliphatic rings. The number of aliphatic hydroxyl groups is 1. The van der Waals surface area contributed by atoms with E-state index in [-0.39, 0.29) is 11.9 Å². The summed E-state index contributed by atoms with van der Waals surface area (Å²) >= 11 is 0. The maximum atomic E-state index is 9.32. The fourth-order valence-electron chi connectivity index (χ4n) is 2.72. The van der Waals surface area contributed by atoms with Crippen LogP contribution in [0.5, 0.6) is 5.75 Å². The Kier molecular flexibility index (Phi) is 4.62. The van der Waals surface area contributed by atoms with Crippen LogP contribution in [0.3, 0.4) is 0 Å². The van der Waals surface area contributed by atoms with Gasteiger partial charge in [-0.15, -0.1) is 0 Å². The summed E-state index contributed by atoms with van der Waals surface area (Å²) in [5.41, 5.74) is 7.28. The van der Waals surface area contributed by atoms with Crippen LogP contribution in [0.25, 0.3) is 0 Å². The number of hydrogen-bond acceptors (Lipinski definition) is 4. The van der Waals surface area contributed by atoms with Gasteiger partial charge in [-0.1, -0.05) is 0 Å². The summed E-state index contributed by atoms with van der Waals surface area (Å²) in [6.45, 7) is 1.71. The lowest BCUT2D eigenvalue weighted by atomic mass is 9.82. The van der Waals surface area contributed by atoms with Crippen LogP contribution >= 0.6 is 0 Å².